The third-order valence-corrected chi connectivity index (χ3v) is 6.21. The van der Waals surface area contributed by atoms with Crippen LogP contribution in [0.4, 0.5) is 5.69 Å². The van der Waals surface area contributed by atoms with E-state index in [1.165, 1.54) is 18.4 Å². The molecule has 0 saturated heterocycles. The highest BCUT2D eigenvalue weighted by molar-refractivity contribution is 7.92. The van der Waals surface area contributed by atoms with Gasteiger partial charge in [0.05, 0.1) is 11.2 Å². The van der Waals surface area contributed by atoms with E-state index in [4.69, 9.17) is 16.0 Å². The molecule has 4 rings (SSSR count). The smallest absolute Gasteiger partial charge is 0.289 e. The second kappa shape index (κ2) is 7.33. The normalized spacial score (nSPS) is 13.8. The number of sulfonamides is 1. The predicted octanol–water partition coefficient (Wildman–Crippen LogP) is 3.93. The Balaban J connectivity index is 1.56. The number of carbonyl (C=O) groups is 1. The van der Waals surface area contributed by atoms with Crippen molar-refractivity contribution in [3.8, 4) is 0 Å². The first-order valence-corrected chi connectivity index (χ1v) is 10.5. The number of carbonyl (C=O) groups excluding carboxylic acids is 1. The molecule has 0 radical (unpaired) electrons. The van der Waals surface area contributed by atoms with Crippen molar-refractivity contribution in [2.24, 2.45) is 0 Å². The third kappa shape index (κ3) is 3.76. The van der Waals surface area contributed by atoms with Gasteiger partial charge in [-0.15, -0.1) is 0 Å². The molecule has 3 aromatic rings. The molecule has 0 atom stereocenters. The van der Waals surface area contributed by atoms with E-state index in [0.29, 0.717) is 36.0 Å². The first-order chi connectivity index (χ1) is 13.4. The lowest BCUT2D eigenvalue weighted by Gasteiger charge is -2.28. The van der Waals surface area contributed by atoms with E-state index < -0.39 is 10.0 Å². The van der Waals surface area contributed by atoms with Gasteiger partial charge in [0.25, 0.3) is 15.9 Å². The van der Waals surface area contributed by atoms with Crippen molar-refractivity contribution in [1.29, 1.82) is 0 Å². The Labute approximate surface area is 167 Å². The fraction of sp³-hybridized carbons (Fsp3) is 0.150. The molecule has 0 saturated carbocycles. The topological polar surface area (TPSA) is 79.6 Å². The minimum atomic E-state index is -3.76. The Bertz CT molecular complexity index is 1130. The van der Waals surface area contributed by atoms with E-state index in [9.17, 15) is 13.2 Å². The summed E-state index contributed by atoms with van der Waals surface area (Å²) in [6, 6.07) is 14.8. The Hall–Kier alpha value is -2.77. The standard InChI is InChI=1S/C20H17ClN2O4S/c21-16-3-1-4-18(12-16)28(25,26)22-17-7-6-14-8-9-23(13-15(14)11-17)20(24)19-5-2-10-27-19/h1-7,10-12,22H,8-9,13H2. The number of halogens is 1. The molecule has 2 aromatic carbocycles. The van der Waals surface area contributed by atoms with Gasteiger partial charge in [0, 0.05) is 23.8 Å². The maximum atomic E-state index is 12.6. The van der Waals surface area contributed by atoms with Gasteiger partial charge in [-0.25, -0.2) is 8.42 Å². The van der Waals surface area contributed by atoms with Crippen LogP contribution in [0.1, 0.15) is 21.7 Å². The molecule has 0 fully saturated rings. The van der Waals surface area contributed by atoms with Crippen LogP contribution >= 0.6 is 11.6 Å². The fourth-order valence-electron chi connectivity index (χ4n) is 3.20. The Kier molecular flexibility index (Phi) is 4.87. The van der Waals surface area contributed by atoms with Crippen molar-refractivity contribution in [3.63, 3.8) is 0 Å². The van der Waals surface area contributed by atoms with Crippen LogP contribution in [0.25, 0.3) is 0 Å². The van der Waals surface area contributed by atoms with E-state index in [1.807, 2.05) is 6.07 Å². The Morgan fingerprint density at radius 1 is 1.07 bits per heavy atom. The summed E-state index contributed by atoms with van der Waals surface area (Å²) in [4.78, 5) is 14.3. The minimum Gasteiger partial charge on any atom is -0.459 e. The van der Waals surface area contributed by atoms with Crippen LogP contribution in [0, 0.1) is 0 Å². The summed E-state index contributed by atoms with van der Waals surface area (Å²) in [6.07, 6.45) is 2.16. The number of hydrogen-bond donors (Lipinski definition) is 1. The van der Waals surface area contributed by atoms with E-state index in [1.54, 1.807) is 41.3 Å². The number of nitrogens with zero attached hydrogens (tertiary/aromatic N) is 1. The molecule has 1 aliphatic rings. The van der Waals surface area contributed by atoms with Gasteiger partial charge in [-0.2, -0.15) is 0 Å². The molecule has 1 amide bonds. The number of rotatable bonds is 4. The summed E-state index contributed by atoms with van der Waals surface area (Å²) in [5.41, 5.74) is 2.43. The summed E-state index contributed by atoms with van der Waals surface area (Å²) in [7, 11) is -3.76. The van der Waals surface area contributed by atoms with Gasteiger partial charge in [0.15, 0.2) is 5.76 Å². The zero-order valence-electron chi connectivity index (χ0n) is 14.8. The summed E-state index contributed by atoms with van der Waals surface area (Å²) >= 11 is 5.90. The van der Waals surface area contributed by atoms with E-state index in [0.717, 1.165) is 11.1 Å². The first-order valence-electron chi connectivity index (χ1n) is 8.65. The first kappa shape index (κ1) is 18.6. The number of amides is 1. The molecule has 1 aromatic heterocycles. The highest BCUT2D eigenvalue weighted by Gasteiger charge is 2.24. The van der Waals surface area contributed by atoms with Gasteiger partial charge in [-0.05, 0) is 60.0 Å². The van der Waals surface area contributed by atoms with Crippen molar-refractivity contribution < 1.29 is 17.6 Å². The average Bonchev–Trinajstić information content (AvgIpc) is 3.21. The average molecular weight is 417 g/mol. The molecule has 0 bridgehead atoms. The highest BCUT2D eigenvalue weighted by Crippen LogP contribution is 2.26. The van der Waals surface area contributed by atoms with Crippen LogP contribution in [-0.2, 0) is 23.0 Å². The monoisotopic (exact) mass is 416 g/mol. The van der Waals surface area contributed by atoms with Crippen molar-refractivity contribution in [3.05, 3.63) is 82.8 Å². The molecule has 6 nitrogen and oxygen atoms in total. The van der Waals surface area contributed by atoms with E-state index in [-0.39, 0.29) is 10.8 Å². The molecule has 2 heterocycles. The largest absolute Gasteiger partial charge is 0.459 e. The van der Waals surface area contributed by atoms with Crippen LogP contribution in [0.3, 0.4) is 0 Å². The molecular weight excluding hydrogens is 400 g/mol. The lowest BCUT2D eigenvalue weighted by Crippen LogP contribution is -2.35. The number of furan rings is 1. The number of fused-ring (bicyclic) bond motifs is 1. The quantitative estimate of drug-likeness (QED) is 0.698. The van der Waals surface area contributed by atoms with Crippen LogP contribution in [0.15, 0.2) is 70.2 Å². The van der Waals surface area contributed by atoms with Crippen LogP contribution in [0.2, 0.25) is 5.02 Å². The Morgan fingerprint density at radius 2 is 1.93 bits per heavy atom. The Morgan fingerprint density at radius 3 is 2.68 bits per heavy atom. The molecule has 0 aliphatic carbocycles. The van der Waals surface area contributed by atoms with Crippen molar-refractivity contribution in [2.45, 2.75) is 17.9 Å². The number of anilines is 1. The minimum absolute atomic E-state index is 0.0901. The maximum Gasteiger partial charge on any atom is 0.289 e. The second-order valence-corrected chi connectivity index (χ2v) is 8.62. The van der Waals surface area contributed by atoms with Gasteiger partial charge >= 0.3 is 0 Å². The summed E-state index contributed by atoms with van der Waals surface area (Å²) in [5.74, 6) is 0.113. The molecule has 28 heavy (non-hydrogen) atoms. The van der Waals surface area contributed by atoms with Gasteiger partial charge in [0.1, 0.15) is 0 Å². The van der Waals surface area contributed by atoms with Gasteiger partial charge in [0.2, 0.25) is 0 Å². The van der Waals surface area contributed by atoms with Gasteiger partial charge in [-0.1, -0.05) is 23.7 Å². The molecule has 144 valence electrons. The molecule has 0 unspecified atom stereocenters. The predicted molar refractivity (Wildman–Crippen MR) is 106 cm³/mol. The van der Waals surface area contributed by atoms with Crippen LogP contribution in [-0.4, -0.2) is 25.8 Å². The SMILES string of the molecule is O=C(c1ccco1)N1CCc2ccc(NS(=O)(=O)c3cccc(Cl)c3)cc2C1. The maximum absolute atomic E-state index is 12.6. The van der Waals surface area contributed by atoms with Crippen molar-refractivity contribution >= 4 is 33.2 Å². The van der Waals surface area contributed by atoms with E-state index >= 15 is 0 Å². The van der Waals surface area contributed by atoms with E-state index in [2.05, 4.69) is 4.72 Å². The van der Waals surface area contributed by atoms with Gasteiger partial charge < -0.3 is 9.32 Å². The zero-order chi connectivity index (χ0) is 19.7. The van der Waals surface area contributed by atoms with Crippen molar-refractivity contribution in [2.75, 3.05) is 11.3 Å². The summed E-state index contributed by atoms with van der Waals surface area (Å²) < 4.78 is 33.0. The van der Waals surface area contributed by atoms with Crippen molar-refractivity contribution in [1.82, 2.24) is 4.90 Å². The molecule has 1 N–H and O–H groups in total. The molecule has 1 aliphatic heterocycles. The second-order valence-electron chi connectivity index (χ2n) is 6.50. The molecule has 0 spiro atoms. The van der Waals surface area contributed by atoms with Crippen LogP contribution in [0.5, 0.6) is 0 Å². The summed E-state index contributed by atoms with van der Waals surface area (Å²) in [5, 5.41) is 0.348. The lowest BCUT2D eigenvalue weighted by atomic mass is 9.99. The third-order valence-electron chi connectivity index (χ3n) is 4.60. The zero-order valence-corrected chi connectivity index (χ0v) is 16.3. The number of nitrogens with one attached hydrogen (secondary N) is 1. The molecule has 8 heteroatoms. The fourth-order valence-corrected chi connectivity index (χ4v) is 4.55. The number of benzene rings is 2. The van der Waals surface area contributed by atoms with Gasteiger partial charge in [-0.3, -0.25) is 9.52 Å². The van der Waals surface area contributed by atoms with Crippen LogP contribution < -0.4 is 4.72 Å². The summed E-state index contributed by atoms with van der Waals surface area (Å²) in [6.45, 7) is 0.974. The number of hydrogen-bond acceptors (Lipinski definition) is 4. The lowest BCUT2D eigenvalue weighted by molar-refractivity contribution is 0.0702. The highest BCUT2D eigenvalue weighted by atomic mass is 35.5. The molecular formula is C20H17ClN2O4S.